The van der Waals surface area contributed by atoms with Gasteiger partial charge >= 0.3 is 18.0 Å². The number of aryl methyl sites for hydroxylation is 1. The summed E-state index contributed by atoms with van der Waals surface area (Å²) in [4.78, 5) is 36.7. The Morgan fingerprint density at radius 3 is 2.25 bits per heavy atom. The van der Waals surface area contributed by atoms with Crippen molar-refractivity contribution in [2.24, 2.45) is 0 Å². The lowest BCUT2D eigenvalue weighted by molar-refractivity contribution is -0.137. The molecule has 0 saturated carbocycles. The van der Waals surface area contributed by atoms with Gasteiger partial charge in [0.25, 0.3) is 0 Å². The molecule has 0 bridgehead atoms. The molecule has 0 aliphatic rings. The molecule has 0 spiro atoms. The number of hydrogen-bond acceptors (Lipinski definition) is 7. The molecule has 0 atom stereocenters. The molecule has 0 unspecified atom stereocenters. The lowest BCUT2D eigenvalue weighted by Crippen LogP contribution is -2.43. The molecule has 0 fully saturated rings. The minimum atomic E-state index is -1.32. The molecule has 1 amide bonds. The number of halogens is 2. The molecule has 3 rings (SSSR count). The Balaban J connectivity index is 1.89. The van der Waals surface area contributed by atoms with Crippen LogP contribution in [0.2, 0.25) is 0 Å². The van der Waals surface area contributed by atoms with Crippen LogP contribution in [0.4, 0.5) is 19.3 Å². The number of rotatable bonds is 9. The van der Waals surface area contributed by atoms with E-state index < -0.39 is 41.8 Å². The first-order valence-electron chi connectivity index (χ1n) is 12.2. The number of carbonyl (C=O) groups is 3. The standard InChI is InChI=1S/C29H30F2N2O7/c1-17-13-23(30)24(31)14-22(17)18-9-11-20(12-10-18)39-16-19-7-6-8-21(27(36)38-5)26(19)32-33(15-25(34)35)28(37)40-29(2,3)4/h6-14,32H,15-16H2,1-5H3,(H,34,35). The maximum Gasteiger partial charge on any atom is 0.429 e. The summed E-state index contributed by atoms with van der Waals surface area (Å²) in [6, 6.07) is 13.6. The number of carboxylic acid groups (broad SMARTS) is 1. The van der Waals surface area contributed by atoms with Gasteiger partial charge in [-0.05, 0) is 74.7 Å². The molecule has 40 heavy (non-hydrogen) atoms. The summed E-state index contributed by atoms with van der Waals surface area (Å²) in [7, 11) is 1.19. The zero-order valence-electron chi connectivity index (χ0n) is 22.7. The number of esters is 1. The van der Waals surface area contributed by atoms with Gasteiger partial charge in [-0.15, -0.1) is 0 Å². The Morgan fingerprint density at radius 2 is 1.65 bits per heavy atom. The summed E-state index contributed by atoms with van der Waals surface area (Å²) in [6.07, 6.45) is -0.968. The smallest absolute Gasteiger partial charge is 0.429 e. The van der Waals surface area contributed by atoms with Crippen molar-refractivity contribution in [3.8, 4) is 16.9 Å². The van der Waals surface area contributed by atoms with Crippen LogP contribution in [0.15, 0.2) is 54.6 Å². The molecular weight excluding hydrogens is 526 g/mol. The van der Waals surface area contributed by atoms with Crippen molar-refractivity contribution in [2.45, 2.75) is 39.9 Å². The summed E-state index contributed by atoms with van der Waals surface area (Å²) < 4.78 is 43.3. The summed E-state index contributed by atoms with van der Waals surface area (Å²) in [5.41, 5.74) is 4.07. The maximum atomic E-state index is 13.8. The molecule has 0 aromatic heterocycles. The molecule has 11 heteroatoms. The number of nitrogens with zero attached hydrogens (tertiary/aromatic N) is 1. The van der Waals surface area contributed by atoms with Gasteiger partial charge in [0.1, 0.15) is 24.5 Å². The van der Waals surface area contributed by atoms with E-state index >= 15 is 0 Å². The molecule has 3 aromatic carbocycles. The average Bonchev–Trinajstić information content (AvgIpc) is 2.88. The maximum absolute atomic E-state index is 13.8. The molecule has 212 valence electrons. The number of amides is 1. The third-order valence-corrected chi connectivity index (χ3v) is 5.54. The molecule has 0 saturated heterocycles. The summed E-state index contributed by atoms with van der Waals surface area (Å²) in [6.45, 7) is 5.71. The summed E-state index contributed by atoms with van der Waals surface area (Å²) in [5, 5.41) is 10.1. The Bertz CT molecular complexity index is 1400. The Labute approximate surface area is 230 Å². The number of aliphatic carboxylic acids is 1. The second-order valence-corrected chi connectivity index (χ2v) is 9.80. The predicted molar refractivity (Wildman–Crippen MR) is 143 cm³/mol. The second kappa shape index (κ2) is 12.5. The van der Waals surface area contributed by atoms with Gasteiger partial charge in [0.15, 0.2) is 11.6 Å². The van der Waals surface area contributed by atoms with E-state index in [1.807, 2.05) is 0 Å². The fraction of sp³-hybridized carbons (Fsp3) is 0.276. The highest BCUT2D eigenvalue weighted by Crippen LogP contribution is 2.29. The van der Waals surface area contributed by atoms with E-state index in [2.05, 4.69) is 5.43 Å². The first kappa shape index (κ1) is 29.9. The van der Waals surface area contributed by atoms with Gasteiger partial charge in [-0.3, -0.25) is 10.2 Å². The molecular formula is C29H30F2N2O7. The fourth-order valence-electron chi connectivity index (χ4n) is 3.72. The van der Waals surface area contributed by atoms with Gasteiger partial charge in [0.2, 0.25) is 0 Å². The van der Waals surface area contributed by atoms with Crippen LogP contribution in [-0.4, -0.2) is 47.4 Å². The van der Waals surface area contributed by atoms with Gasteiger partial charge < -0.3 is 19.3 Å². The molecule has 0 radical (unpaired) electrons. The van der Waals surface area contributed by atoms with Crippen molar-refractivity contribution in [1.82, 2.24) is 5.01 Å². The third kappa shape index (κ3) is 7.68. The molecule has 2 N–H and O–H groups in total. The fourth-order valence-corrected chi connectivity index (χ4v) is 3.72. The zero-order valence-corrected chi connectivity index (χ0v) is 22.7. The monoisotopic (exact) mass is 556 g/mol. The first-order chi connectivity index (χ1) is 18.8. The molecule has 9 nitrogen and oxygen atoms in total. The largest absolute Gasteiger partial charge is 0.489 e. The number of methoxy groups -OCH3 is 1. The number of anilines is 1. The Kier molecular flexibility index (Phi) is 9.31. The number of carboxylic acids is 1. The van der Waals surface area contributed by atoms with E-state index in [0.717, 1.165) is 17.1 Å². The molecule has 0 heterocycles. The van der Waals surface area contributed by atoms with Gasteiger partial charge in [0.05, 0.1) is 18.4 Å². The number of nitrogens with one attached hydrogen (secondary N) is 1. The molecule has 3 aromatic rings. The zero-order chi connectivity index (χ0) is 29.6. The highest BCUT2D eigenvalue weighted by atomic mass is 19.2. The number of ether oxygens (including phenoxy) is 3. The number of benzene rings is 3. The topological polar surface area (TPSA) is 114 Å². The normalized spacial score (nSPS) is 11.0. The van der Waals surface area contributed by atoms with E-state index in [-0.39, 0.29) is 17.9 Å². The molecule has 0 aliphatic carbocycles. The van der Waals surface area contributed by atoms with Crippen LogP contribution in [0.3, 0.4) is 0 Å². The van der Waals surface area contributed by atoms with Gasteiger partial charge in [-0.1, -0.05) is 24.3 Å². The van der Waals surface area contributed by atoms with Crippen molar-refractivity contribution in [2.75, 3.05) is 19.1 Å². The first-order valence-corrected chi connectivity index (χ1v) is 12.2. The minimum Gasteiger partial charge on any atom is -0.489 e. The summed E-state index contributed by atoms with van der Waals surface area (Å²) >= 11 is 0. The van der Waals surface area contributed by atoms with E-state index in [4.69, 9.17) is 14.2 Å². The Morgan fingerprint density at radius 1 is 1.00 bits per heavy atom. The van der Waals surface area contributed by atoms with Gasteiger partial charge in [-0.25, -0.2) is 23.4 Å². The quantitative estimate of drug-likeness (QED) is 0.245. The van der Waals surface area contributed by atoms with Crippen LogP contribution >= 0.6 is 0 Å². The lowest BCUT2D eigenvalue weighted by Gasteiger charge is -2.28. The number of hydrazine groups is 1. The number of para-hydroxylation sites is 1. The van der Waals surface area contributed by atoms with Crippen molar-refractivity contribution in [3.05, 3.63) is 82.9 Å². The van der Waals surface area contributed by atoms with Crippen LogP contribution in [0, 0.1) is 18.6 Å². The highest BCUT2D eigenvalue weighted by Gasteiger charge is 2.27. The van der Waals surface area contributed by atoms with Crippen molar-refractivity contribution in [3.63, 3.8) is 0 Å². The van der Waals surface area contributed by atoms with Crippen molar-refractivity contribution >= 4 is 23.7 Å². The van der Waals surface area contributed by atoms with Crippen LogP contribution in [0.1, 0.15) is 42.3 Å². The van der Waals surface area contributed by atoms with Gasteiger partial charge in [-0.2, -0.15) is 0 Å². The lowest BCUT2D eigenvalue weighted by atomic mass is 10.0. The Hall–Kier alpha value is -4.67. The number of carbonyl (C=O) groups excluding carboxylic acids is 2. The average molecular weight is 557 g/mol. The summed E-state index contributed by atoms with van der Waals surface area (Å²) in [5.74, 6) is -3.49. The van der Waals surface area contributed by atoms with Crippen molar-refractivity contribution < 1.29 is 42.5 Å². The minimum absolute atomic E-state index is 0.0340. The van der Waals surface area contributed by atoms with Gasteiger partial charge in [0, 0.05) is 5.56 Å². The van der Waals surface area contributed by atoms with E-state index in [0.29, 0.717) is 28.0 Å². The highest BCUT2D eigenvalue weighted by molar-refractivity contribution is 5.96. The molecule has 0 aliphatic heterocycles. The van der Waals surface area contributed by atoms with E-state index in [9.17, 15) is 28.3 Å². The second-order valence-electron chi connectivity index (χ2n) is 9.80. The SMILES string of the molecule is COC(=O)c1cccc(COc2ccc(-c3cc(F)c(F)cc3C)cc2)c1NN(CC(=O)O)C(=O)OC(C)(C)C. The van der Waals surface area contributed by atoms with Crippen LogP contribution in [0.25, 0.3) is 11.1 Å². The number of hydrogen-bond donors (Lipinski definition) is 2. The third-order valence-electron chi connectivity index (χ3n) is 5.54. The van der Waals surface area contributed by atoms with E-state index in [1.165, 1.54) is 13.2 Å². The van der Waals surface area contributed by atoms with E-state index in [1.54, 1.807) is 64.1 Å². The van der Waals surface area contributed by atoms with Crippen LogP contribution in [-0.2, 0) is 20.9 Å². The van der Waals surface area contributed by atoms with Crippen LogP contribution in [0.5, 0.6) is 5.75 Å². The predicted octanol–water partition coefficient (Wildman–Crippen LogP) is 5.95. The van der Waals surface area contributed by atoms with Crippen molar-refractivity contribution in [1.29, 1.82) is 0 Å². The van der Waals surface area contributed by atoms with Crippen LogP contribution < -0.4 is 10.2 Å².